The average molecular weight is 461 g/mol. The third-order valence-electron chi connectivity index (χ3n) is 5.08. The van der Waals surface area contributed by atoms with E-state index >= 15 is 0 Å². The quantitative estimate of drug-likeness (QED) is 0.520. The Morgan fingerprint density at radius 1 is 1.10 bits per heavy atom. The monoisotopic (exact) mass is 460 g/mol. The van der Waals surface area contributed by atoms with E-state index < -0.39 is 10.0 Å². The van der Waals surface area contributed by atoms with Crippen LogP contribution in [0.15, 0.2) is 70.2 Å². The molecule has 3 aromatic rings. The zero-order valence-corrected chi connectivity index (χ0v) is 19.2. The lowest BCUT2D eigenvalue weighted by molar-refractivity contribution is 0.0945. The van der Waals surface area contributed by atoms with Crippen molar-refractivity contribution in [1.29, 1.82) is 0 Å². The van der Waals surface area contributed by atoms with Gasteiger partial charge in [-0.25, -0.2) is 13.1 Å². The lowest BCUT2D eigenvalue weighted by Gasteiger charge is -2.26. The summed E-state index contributed by atoms with van der Waals surface area (Å²) in [5.41, 5.74) is 1.63. The van der Waals surface area contributed by atoms with E-state index in [1.807, 2.05) is 32.0 Å². The molecule has 0 atom stereocenters. The number of amides is 1. The van der Waals surface area contributed by atoms with Crippen LogP contribution in [-0.4, -0.2) is 20.9 Å². The van der Waals surface area contributed by atoms with Crippen molar-refractivity contribution < 1.29 is 17.6 Å². The molecule has 0 saturated carbocycles. The zero-order valence-electron chi connectivity index (χ0n) is 17.6. The summed E-state index contributed by atoms with van der Waals surface area (Å²) in [6, 6.07) is 15.4. The first kappa shape index (κ1) is 23.1. The Bertz CT molecular complexity index is 1170. The number of hydrogen-bond acceptors (Lipinski definition) is 4. The van der Waals surface area contributed by atoms with Crippen LogP contribution in [0.3, 0.4) is 0 Å². The van der Waals surface area contributed by atoms with Gasteiger partial charge in [-0.15, -0.1) is 0 Å². The molecular weight excluding hydrogens is 436 g/mol. The first-order valence-electron chi connectivity index (χ1n) is 9.75. The van der Waals surface area contributed by atoms with Crippen molar-refractivity contribution in [2.45, 2.75) is 37.6 Å². The van der Waals surface area contributed by atoms with Crippen molar-refractivity contribution in [2.24, 2.45) is 0 Å². The predicted molar refractivity (Wildman–Crippen MR) is 121 cm³/mol. The maximum atomic E-state index is 12.9. The first-order chi connectivity index (χ1) is 14.6. The number of aryl methyl sites for hydroxylation is 1. The number of halogens is 1. The molecule has 0 unspecified atom stereocenters. The van der Waals surface area contributed by atoms with Crippen LogP contribution in [0.5, 0.6) is 0 Å². The minimum atomic E-state index is -3.80. The average Bonchev–Trinajstić information content (AvgIpc) is 3.25. The molecule has 2 aromatic carbocycles. The molecule has 3 rings (SSSR count). The number of sulfonamides is 1. The Morgan fingerprint density at radius 3 is 2.55 bits per heavy atom. The van der Waals surface area contributed by atoms with Gasteiger partial charge in [0.15, 0.2) is 0 Å². The Labute approximate surface area is 187 Å². The number of benzene rings is 2. The summed E-state index contributed by atoms with van der Waals surface area (Å²) in [5.74, 6) is 0.160. The Morgan fingerprint density at radius 2 is 1.87 bits per heavy atom. The maximum absolute atomic E-state index is 12.9. The van der Waals surface area contributed by atoms with Crippen LogP contribution in [0.1, 0.15) is 41.1 Å². The van der Waals surface area contributed by atoms with E-state index in [9.17, 15) is 13.2 Å². The van der Waals surface area contributed by atoms with E-state index in [1.54, 1.807) is 31.2 Å². The fourth-order valence-corrected chi connectivity index (χ4v) is 4.29. The summed E-state index contributed by atoms with van der Waals surface area (Å²) < 4.78 is 32.9. The highest BCUT2D eigenvalue weighted by Crippen LogP contribution is 2.25. The molecule has 8 heteroatoms. The minimum absolute atomic E-state index is 0.0175. The molecule has 0 aliphatic rings. The fraction of sp³-hybridized carbons (Fsp3) is 0.261. The van der Waals surface area contributed by atoms with Crippen molar-refractivity contribution in [1.82, 2.24) is 10.0 Å². The van der Waals surface area contributed by atoms with Crippen LogP contribution in [0, 0.1) is 6.92 Å². The Hall–Kier alpha value is -2.61. The van der Waals surface area contributed by atoms with Crippen molar-refractivity contribution in [3.05, 3.63) is 88.3 Å². The standard InChI is InChI=1S/C23H25ClN2O4S/c1-16-9-10-20(31(28,29)26-14-19-8-5-11-30-19)13-21(16)22(27)25-15-23(2,3)17-6-4-7-18(24)12-17/h4-13,26H,14-15H2,1-3H3,(H,25,27). The van der Waals surface area contributed by atoms with E-state index in [2.05, 4.69) is 10.0 Å². The molecule has 2 N–H and O–H groups in total. The largest absolute Gasteiger partial charge is 0.468 e. The lowest BCUT2D eigenvalue weighted by atomic mass is 9.84. The third kappa shape index (κ3) is 5.76. The van der Waals surface area contributed by atoms with Gasteiger partial charge in [-0.05, 0) is 54.4 Å². The number of furan rings is 1. The van der Waals surface area contributed by atoms with Crippen LogP contribution in [0.4, 0.5) is 0 Å². The highest BCUT2D eigenvalue weighted by atomic mass is 35.5. The van der Waals surface area contributed by atoms with Crippen LogP contribution >= 0.6 is 11.6 Å². The second kappa shape index (κ2) is 9.26. The molecule has 6 nitrogen and oxygen atoms in total. The number of nitrogens with one attached hydrogen (secondary N) is 2. The van der Waals surface area contributed by atoms with Gasteiger partial charge in [0.2, 0.25) is 10.0 Å². The van der Waals surface area contributed by atoms with Gasteiger partial charge in [-0.3, -0.25) is 4.79 Å². The van der Waals surface area contributed by atoms with Gasteiger partial charge < -0.3 is 9.73 Å². The molecule has 0 radical (unpaired) electrons. The van der Waals surface area contributed by atoms with E-state index in [-0.39, 0.29) is 22.8 Å². The van der Waals surface area contributed by atoms with Gasteiger partial charge in [0.05, 0.1) is 17.7 Å². The molecule has 0 aliphatic heterocycles. The molecule has 0 saturated heterocycles. The highest BCUT2D eigenvalue weighted by molar-refractivity contribution is 7.89. The predicted octanol–water partition coefficient (Wildman–Crippen LogP) is 4.43. The lowest BCUT2D eigenvalue weighted by Crippen LogP contribution is -2.37. The van der Waals surface area contributed by atoms with Gasteiger partial charge in [0.25, 0.3) is 5.91 Å². The van der Waals surface area contributed by atoms with E-state index in [0.717, 1.165) is 5.56 Å². The maximum Gasteiger partial charge on any atom is 0.251 e. The topological polar surface area (TPSA) is 88.4 Å². The third-order valence-corrected chi connectivity index (χ3v) is 6.71. The van der Waals surface area contributed by atoms with Gasteiger partial charge in [-0.1, -0.05) is 43.6 Å². The summed E-state index contributed by atoms with van der Waals surface area (Å²) in [7, 11) is -3.80. The van der Waals surface area contributed by atoms with Crippen LogP contribution in [-0.2, 0) is 22.0 Å². The van der Waals surface area contributed by atoms with Gasteiger partial charge in [0, 0.05) is 22.5 Å². The van der Waals surface area contributed by atoms with Crippen LogP contribution < -0.4 is 10.0 Å². The van der Waals surface area contributed by atoms with E-state index in [0.29, 0.717) is 28.5 Å². The van der Waals surface area contributed by atoms with Crippen molar-refractivity contribution in [3.63, 3.8) is 0 Å². The number of carbonyl (C=O) groups is 1. The normalized spacial score (nSPS) is 12.0. The molecule has 31 heavy (non-hydrogen) atoms. The molecule has 0 spiro atoms. The zero-order chi connectivity index (χ0) is 22.6. The number of carbonyl (C=O) groups excluding carboxylic acids is 1. The van der Waals surface area contributed by atoms with E-state index in [4.69, 9.17) is 16.0 Å². The molecule has 164 valence electrons. The molecule has 1 amide bonds. The first-order valence-corrected chi connectivity index (χ1v) is 11.6. The molecule has 1 aromatic heterocycles. The van der Waals surface area contributed by atoms with Crippen LogP contribution in [0.25, 0.3) is 0 Å². The molecule has 1 heterocycles. The Kier molecular flexibility index (Phi) is 6.89. The molecule has 0 bridgehead atoms. The van der Waals surface area contributed by atoms with Gasteiger partial charge in [-0.2, -0.15) is 0 Å². The Balaban J connectivity index is 1.74. The van der Waals surface area contributed by atoms with Crippen molar-refractivity contribution >= 4 is 27.5 Å². The molecular formula is C23H25ClN2O4S. The summed E-state index contributed by atoms with van der Waals surface area (Å²) in [6.45, 7) is 6.16. The van der Waals surface area contributed by atoms with Crippen molar-refractivity contribution in [2.75, 3.05) is 6.54 Å². The summed E-state index contributed by atoms with van der Waals surface area (Å²) >= 11 is 6.09. The molecule has 0 aliphatic carbocycles. The minimum Gasteiger partial charge on any atom is -0.468 e. The number of rotatable bonds is 8. The molecule has 0 fully saturated rings. The smallest absolute Gasteiger partial charge is 0.251 e. The fourth-order valence-electron chi connectivity index (χ4n) is 3.08. The van der Waals surface area contributed by atoms with Crippen LogP contribution in [0.2, 0.25) is 5.02 Å². The second-order valence-corrected chi connectivity index (χ2v) is 10.2. The second-order valence-electron chi connectivity index (χ2n) is 7.96. The van der Waals surface area contributed by atoms with Crippen molar-refractivity contribution in [3.8, 4) is 0 Å². The summed E-state index contributed by atoms with van der Waals surface area (Å²) in [6.07, 6.45) is 1.48. The summed E-state index contributed by atoms with van der Waals surface area (Å²) in [5, 5.41) is 3.55. The number of hydrogen-bond donors (Lipinski definition) is 2. The van der Waals surface area contributed by atoms with Gasteiger partial charge in [0.1, 0.15) is 5.76 Å². The SMILES string of the molecule is Cc1ccc(S(=O)(=O)NCc2ccco2)cc1C(=O)NCC(C)(C)c1cccc(Cl)c1. The highest BCUT2D eigenvalue weighted by Gasteiger charge is 2.23. The van der Waals surface area contributed by atoms with E-state index in [1.165, 1.54) is 18.4 Å². The van der Waals surface area contributed by atoms with Gasteiger partial charge >= 0.3 is 0 Å². The summed E-state index contributed by atoms with van der Waals surface area (Å²) in [4.78, 5) is 12.9.